The van der Waals surface area contributed by atoms with E-state index < -0.39 is 0 Å². The van der Waals surface area contributed by atoms with Crippen molar-refractivity contribution in [3.8, 4) is 10.6 Å². The maximum absolute atomic E-state index is 5.70. The molecule has 0 unspecified atom stereocenters. The first-order valence-corrected chi connectivity index (χ1v) is 5.20. The van der Waals surface area contributed by atoms with Gasteiger partial charge in [-0.05, 0) is 24.3 Å². The van der Waals surface area contributed by atoms with E-state index in [1.807, 2.05) is 30.3 Å². The van der Waals surface area contributed by atoms with Crippen LogP contribution in [0.5, 0.6) is 0 Å². The van der Waals surface area contributed by atoms with Crippen LogP contribution in [0.2, 0.25) is 0 Å². The van der Waals surface area contributed by atoms with Gasteiger partial charge in [-0.3, -0.25) is 0 Å². The summed E-state index contributed by atoms with van der Waals surface area (Å²) < 4.78 is 5.70. The molecule has 0 saturated carbocycles. The SMILES string of the molecule is [c]1ccc(-c2cc3ccccc3o2)s1. The van der Waals surface area contributed by atoms with Crippen LogP contribution >= 0.6 is 11.3 Å². The van der Waals surface area contributed by atoms with Gasteiger partial charge in [0.1, 0.15) is 11.3 Å². The number of fused-ring (bicyclic) bond motifs is 1. The summed E-state index contributed by atoms with van der Waals surface area (Å²) in [7, 11) is 0. The molecule has 0 fully saturated rings. The smallest absolute Gasteiger partial charge is 0.145 e. The van der Waals surface area contributed by atoms with Gasteiger partial charge in [0.25, 0.3) is 0 Å². The minimum absolute atomic E-state index is 0.928. The Bertz CT molecular complexity index is 515. The maximum atomic E-state index is 5.70. The van der Waals surface area contributed by atoms with Crippen molar-refractivity contribution >= 4 is 22.3 Å². The Morgan fingerprint density at radius 1 is 1.14 bits per heavy atom. The van der Waals surface area contributed by atoms with Crippen LogP contribution in [-0.4, -0.2) is 0 Å². The van der Waals surface area contributed by atoms with Crippen molar-refractivity contribution < 1.29 is 4.42 Å². The summed E-state index contributed by atoms with van der Waals surface area (Å²) in [5, 5.41) is 4.20. The number of para-hydroxylation sites is 1. The minimum atomic E-state index is 0.928. The third kappa shape index (κ3) is 1.16. The predicted octanol–water partition coefficient (Wildman–Crippen LogP) is 3.96. The number of hydrogen-bond acceptors (Lipinski definition) is 2. The second-order valence-electron chi connectivity index (χ2n) is 3.07. The van der Waals surface area contributed by atoms with Crippen LogP contribution in [-0.2, 0) is 0 Å². The van der Waals surface area contributed by atoms with Gasteiger partial charge >= 0.3 is 0 Å². The van der Waals surface area contributed by atoms with Crippen LogP contribution in [0, 0.1) is 5.38 Å². The van der Waals surface area contributed by atoms with Crippen LogP contribution < -0.4 is 0 Å². The summed E-state index contributed by atoms with van der Waals surface area (Å²) in [5.41, 5.74) is 0.941. The first-order chi connectivity index (χ1) is 6.93. The predicted molar refractivity (Wildman–Crippen MR) is 58.4 cm³/mol. The van der Waals surface area contributed by atoms with Crippen molar-refractivity contribution in [3.63, 3.8) is 0 Å². The van der Waals surface area contributed by atoms with Gasteiger partial charge < -0.3 is 4.42 Å². The zero-order chi connectivity index (χ0) is 9.38. The van der Waals surface area contributed by atoms with Gasteiger partial charge in [0.2, 0.25) is 0 Å². The zero-order valence-corrected chi connectivity index (χ0v) is 8.17. The third-order valence-corrected chi connectivity index (χ3v) is 2.95. The Labute approximate surface area is 85.6 Å². The number of hydrogen-bond donors (Lipinski definition) is 0. The van der Waals surface area contributed by atoms with Gasteiger partial charge in [-0.25, -0.2) is 0 Å². The van der Waals surface area contributed by atoms with E-state index in [2.05, 4.69) is 17.5 Å². The van der Waals surface area contributed by atoms with E-state index in [9.17, 15) is 0 Å². The molecule has 0 N–H and O–H groups in total. The highest BCUT2D eigenvalue weighted by molar-refractivity contribution is 7.13. The maximum Gasteiger partial charge on any atom is 0.145 e. The molecule has 0 aliphatic rings. The van der Waals surface area contributed by atoms with E-state index >= 15 is 0 Å². The van der Waals surface area contributed by atoms with Gasteiger partial charge in [-0.1, -0.05) is 18.2 Å². The summed E-state index contributed by atoms with van der Waals surface area (Å²) in [5.74, 6) is 0.928. The summed E-state index contributed by atoms with van der Waals surface area (Å²) in [4.78, 5) is 1.13. The molecule has 0 saturated heterocycles. The van der Waals surface area contributed by atoms with E-state index in [4.69, 9.17) is 4.42 Å². The van der Waals surface area contributed by atoms with Crippen molar-refractivity contribution in [3.05, 3.63) is 47.8 Å². The topological polar surface area (TPSA) is 13.1 Å². The fourth-order valence-electron chi connectivity index (χ4n) is 1.48. The molecule has 0 spiro atoms. The molecule has 0 atom stereocenters. The average Bonchev–Trinajstić information content (AvgIpc) is 2.86. The third-order valence-electron chi connectivity index (χ3n) is 2.14. The van der Waals surface area contributed by atoms with Gasteiger partial charge in [0.15, 0.2) is 0 Å². The van der Waals surface area contributed by atoms with Crippen LogP contribution in [0.25, 0.3) is 21.6 Å². The minimum Gasteiger partial charge on any atom is -0.455 e. The molecule has 14 heavy (non-hydrogen) atoms. The lowest BCUT2D eigenvalue weighted by Crippen LogP contribution is -1.59. The number of furan rings is 1. The quantitative estimate of drug-likeness (QED) is 0.578. The molecule has 2 aromatic heterocycles. The van der Waals surface area contributed by atoms with Crippen molar-refractivity contribution in [2.45, 2.75) is 0 Å². The molecule has 67 valence electrons. The van der Waals surface area contributed by atoms with E-state index in [-0.39, 0.29) is 0 Å². The summed E-state index contributed by atoms with van der Waals surface area (Å²) in [6.45, 7) is 0. The van der Waals surface area contributed by atoms with Gasteiger partial charge in [-0.2, -0.15) is 0 Å². The van der Waals surface area contributed by atoms with Crippen LogP contribution in [0.1, 0.15) is 0 Å². The summed E-state index contributed by atoms with van der Waals surface area (Å²) in [6, 6.07) is 14.0. The number of rotatable bonds is 1. The van der Waals surface area contributed by atoms with Crippen molar-refractivity contribution in [1.82, 2.24) is 0 Å². The van der Waals surface area contributed by atoms with Crippen LogP contribution in [0.15, 0.2) is 46.9 Å². The van der Waals surface area contributed by atoms with Gasteiger partial charge in [-0.15, -0.1) is 11.3 Å². The normalized spacial score (nSPS) is 10.9. The van der Waals surface area contributed by atoms with Crippen molar-refractivity contribution in [1.29, 1.82) is 0 Å². The zero-order valence-electron chi connectivity index (χ0n) is 7.36. The molecule has 2 heteroatoms. The molecule has 0 bridgehead atoms. The first-order valence-electron chi connectivity index (χ1n) is 4.38. The first kappa shape index (κ1) is 7.83. The molecular weight excluding hydrogens is 192 g/mol. The van der Waals surface area contributed by atoms with Crippen LogP contribution in [0.3, 0.4) is 0 Å². The molecule has 1 nitrogen and oxygen atoms in total. The largest absolute Gasteiger partial charge is 0.455 e. The molecule has 0 amide bonds. The molecule has 1 radical (unpaired) electrons. The Morgan fingerprint density at radius 3 is 2.86 bits per heavy atom. The molecule has 3 rings (SSSR count). The monoisotopic (exact) mass is 199 g/mol. The molecule has 1 aromatic carbocycles. The standard InChI is InChI=1S/C12H7OS/c1-2-5-10-9(4-1)8-11(13-10)12-6-3-7-14-12/h1-6,8H. The van der Waals surface area contributed by atoms with E-state index in [0.29, 0.717) is 0 Å². The highest BCUT2D eigenvalue weighted by Crippen LogP contribution is 2.30. The number of thiophene rings is 1. The second-order valence-corrected chi connectivity index (χ2v) is 3.95. The molecule has 2 heterocycles. The fraction of sp³-hybridized carbons (Fsp3) is 0. The average molecular weight is 199 g/mol. The Morgan fingerprint density at radius 2 is 2.07 bits per heavy atom. The highest BCUT2D eigenvalue weighted by atomic mass is 32.1. The van der Waals surface area contributed by atoms with Crippen molar-refractivity contribution in [2.24, 2.45) is 0 Å². The Balaban J connectivity index is 2.24. The second kappa shape index (κ2) is 3.00. The number of benzene rings is 1. The Hall–Kier alpha value is -1.54. The molecule has 0 aliphatic heterocycles. The lowest BCUT2D eigenvalue weighted by Gasteiger charge is -1.86. The van der Waals surface area contributed by atoms with Gasteiger partial charge in [0.05, 0.1) is 4.88 Å². The summed E-state index contributed by atoms with van der Waals surface area (Å²) >= 11 is 1.57. The summed E-state index contributed by atoms with van der Waals surface area (Å²) in [6.07, 6.45) is 0. The van der Waals surface area contributed by atoms with E-state index in [1.165, 1.54) is 0 Å². The fourth-order valence-corrected chi connectivity index (χ4v) is 2.08. The molecule has 3 aromatic rings. The van der Waals surface area contributed by atoms with Gasteiger partial charge in [0, 0.05) is 10.8 Å². The van der Waals surface area contributed by atoms with E-state index in [1.54, 1.807) is 11.3 Å². The molecule has 0 aliphatic carbocycles. The van der Waals surface area contributed by atoms with E-state index in [0.717, 1.165) is 21.6 Å². The highest BCUT2D eigenvalue weighted by Gasteiger charge is 2.05. The lowest BCUT2D eigenvalue weighted by atomic mass is 10.2. The van der Waals surface area contributed by atoms with Crippen LogP contribution in [0.4, 0.5) is 0 Å². The lowest BCUT2D eigenvalue weighted by molar-refractivity contribution is 0.633. The van der Waals surface area contributed by atoms with Crippen molar-refractivity contribution in [2.75, 3.05) is 0 Å². The Kier molecular flexibility index (Phi) is 1.67. The molecular formula is C12H7OS.